The topological polar surface area (TPSA) is 60.2 Å². The molecule has 0 aliphatic heterocycles. The third-order valence-electron chi connectivity index (χ3n) is 2.88. The first-order valence-electron chi connectivity index (χ1n) is 4.85. The number of sulfone groups is 1. The van der Waals surface area contributed by atoms with E-state index in [0.29, 0.717) is 0 Å². The van der Waals surface area contributed by atoms with Gasteiger partial charge in [0.1, 0.15) is 0 Å². The zero-order chi connectivity index (χ0) is 10.1. The third kappa shape index (κ3) is 3.65. The third-order valence-corrected chi connectivity index (χ3v) is 4.58. The molecule has 3 nitrogen and oxygen atoms in total. The second-order valence-corrected chi connectivity index (χ2v) is 6.62. The van der Waals surface area contributed by atoms with Crippen molar-refractivity contribution in [3.63, 3.8) is 0 Å². The molecule has 78 valence electrons. The molecular weight excluding hydrogens is 186 g/mol. The molecule has 1 fully saturated rings. The van der Waals surface area contributed by atoms with E-state index < -0.39 is 15.1 Å². The standard InChI is InChI=1S/C9H19NO2S/c1-7(13(2,11)12)9(10)6-5-8-3-4-8/h7-9H,3-6,10H2,1-2H3. The van der Waals surface area contributed by atoms with E-state index in [-0.39, 0.29) is 6.04 Å². The molecule has 2 unspecified atom stereocenters. The molecule has 0 radical (unpaired) electrons. The Kier molecular flexibility index (Phi) is 3.35. The second-order valence-electron chi connectivity index (χ2n) is 4.22. The van der Waals surface area contributed by atoms with Crippen molar-refractivity contribution in [3.8, 4) is 0 Å². The number of hydrogen-bond donors (Lipinski definition) is 1. The van der Waals surface area contributed by atoms with E-state index >= 15 is 0 Å². The predicted octanol–water partition coefficient (Wildman–Crippen LogP) is 0.937. The SMILES string of the molecule is CC(C(N)CCC1CC1)S(C)(=O)=O. The second kappa shape index (κ2) is 3.96. The molecule has 0 aromatic rings. The van der Waals surface area contributed by atoms with Gasteiger partial charge in [0.2, 0.25) is 0 Å². The number of hydrogen-bond acceptors (Lipinski definition) is 3. The molecule has 2 N–H and O–H groups in total. The molecule has 0 bridgehead atoms. The molecule has 1 saturated carbocycles. The van der Waals surface area contributed by atoms with Gasteiger partial charge in [-0.05, 0) is 25.7 Å². The van der Waals surface area contributed by atoms with Gasteiger partial charge in [0.05, 0.1) is 5.25 Å². The summed E-state index contributed by atoms with van der Waals surface area (Å²) in [4.78, 5) is 0. The Labute approximate surface area is 80.6 Å². The van der Waals surface area contributed by atoms with Gasteiger partial charge in [-0.25, -0.2) is 8.42 Å². The van der Waals surface area contributed by atoms with Crippen LogP contribution in [0.2, 0.25) is 0 Å². The minimum atomic E-state index is -2.95. The van der Waals surface area contributed by atoms with Gasteiger partial charge >= 0.3 is 0 Å². The van der Waals surface area contributed by atoms with Crippen molar-refractivity contribution in [2.75, 3.05) is 6.26 Å². The van der Waals surface area contributed by atoms with Crippen molar-refractivity contribution in [1.29, 1.82) is 0 Å². The normalized spacial score (nSPS) is 22.7. The Morgan fingerprint density at radius 1 is 1.46 bits per heavy atom. The lowest BCUT2D eigenvalue weighted by Crippen LogP contribution is -2.37. The lowest BCUT2D eigenvalue weighted by atomic mass is 10.1. The van der Waals surface area contributed by atoms with E-state index in [1.165, 1.54) is 19.1 Å². The van der Waals surface area contributed by atoms with Gasteiger partial charge in [-0.1, -0.05) is 12.8 Å². The zero-order valence-electron chi connectivity index (χ0n) is 8.36. The number of rotatable bonds is 5. The van der Waals surface area contributed by atoms with Gasteiger partial charge in [0, 0.05) is 12.3 Å². The molecule has 0 amide bonds. The Balaban J connectivity index is 2.32. The Morgan fingerprint density at radius 2 is 2.00 bits per heavy atom. The molecule has 0 aromatic heterocycles. The highest BCUT2D eigenvalue weighted by Crippen LogP contribution is 2.34. The van der Waals surface area contributed by atoms with Crippen molar-refractivity contribution in [2.24, 2.45) is 11.7 Å². The van der Waals surface area contributed by atoms with Crippen LogP contribution >= 0.6 is 0 Å². The molecule has 4 heteroatoms. The molecule has 1 rings (SSSR count). The molecule has 0 saturated heterocycles. The highest BCUT2D eigenvalue weighted by atomic mass is 32.2. The average Bonchev–Trinajstić information content (AvgIpc) is 2.80. The minimum Gasteiger partial charge on any atom is -0.327 e. The lowest BCUT2D eigenvalue weighted by molar-refractivity contribution is 0.520. The first-order chi connectivity index (χ1) is 5.91. The fourth-order valence-electron chi connectivity index (χ4n) is 1.39. The Morgan fingerprint density at radius 3 is 2.38 bits per heavy atom. The summed E-state index contributed by atoms with van der Waals surface area (Å²) >= 11 is 0. The summed E-state index contributed by atoms with van der Waals surface area (Å²) in [6.45, 7) is 1.70. The summed E-state index contributed by atoms with van der Waals surface area (Å²) in [5, 5.41) is -0.397. The van der Waals surface area contributed by atoms with E-state index in [0.717, 1.165) is 18.8 Å². The Bertz CT molecular complexity index is 257. The van der Waals surface area contributed by atoms with E-state index in [1.807, 2.05) is 0 Å². The highest BCUT2D eigenvalue weighted by Gasteiger charge is 2.26. The van der Waals surface area contributed by atoms with Gasteiger partial charge < -0.3 is 5.73 Å². The summed E-state index contributed by atoms with van der Waals surface area (Å²) < 4.78 is 22.3. The van der Waals surface area contributed by atoms with Crippen molar-refractivity contribution in [1.82, 2.24) is 0 Å². The van der Waals surface area contributed by atoms with Crippen LogP contribution in [0.15, 0.2) is 0 Å². The predicted molar refractivity (Wildman–Crippen MR) is 54.2 cm³/mol. The zero-order valence-corrected chi connectivity index (χ0v) is 9.18. The first kappa shape index (κ1) is 11.0. The summed E-state index contributed by atoms with van der Waals surface area (Å²) in [6.07, 6.45) is 5.81. The van der Waals surface area contributed by atoms with Crippen molar-refractivity contribution >= 4 is 9.84 Å². The molecule has 1 aliphatic rings. The average molecular weight is 205 g/mol. The maximum absolute atomic E-state index is 11.2. The summed E-state index contributed by atoms with van der Waals surface area (Å²) in [6, 6.07) is -0.185. The fraction of sp³-hybridized carbons (Fsp3) is 1.00. The summed E-state index contributed by atoms with van der Waals surface area (Å²) in [5.41, 5.74) is 5.80. The largest absolute Gasteiger partial charge is 0.327 e. The van der Waals surface area contributed by atoms with E-state index in [9.17, 15) is 8.42 Å². The highest BCUT2D eigenvalue weighted by molar-refractivity contribution is 7.91. The molecule has 0 heterocycles. The van der Waals surface area contributed by atoms with Gasteiger partial charge in [-0.3, -0.25) is 0 Å². The van der Waals surface area contributed by atoms with Gasteiger partial charge in [0.15, 0.2) is 9.84 Å². The van der Waals surface area contributed by atoms with Crippen molar-refractivity contribution in [3.05, 3.63) is 0 Å². The van der Waals surface area contributed by atoms with Gasteiger partial charge in [-0.15, -0.1) is 0 Å². The van der Waals surface area contributed by atoms with E-state index in [1.54, 1.807) is 6.92 Å². The van der Waals surface area contributed by atoms with Crippen molar-refractivity contribution < 1.29 is 8.42 Å². The van der Waals surface area contributed by atoms with Gasteiger partial charge in [0.25, 0.3) is 0 Å². The minimum absolute atomic E-state index is 0.185. The van der Waals surface area contributed by atoms with Crippen LogP contribution < -0.4 is 5.73 Å². The van der Waals surface area contributed by atoms with Crippen LogP contribution in [-0.4, -0.2) is 26.0 Å². The fourth-order valence-corrected chi connectivity index (χ4v) is 2.16. The molecule has 2 atom stereocenters. The lowest BCUT2D eigenvalue weighted by Gasteiger charge is -2.17. The first-order valence-corrected chi connectivity index (χ1v) is 6.81. The van der Waals surface area contributed by atoms with Crippen LogP contribution in [0.5, 0.6) is 0 Å². The maximum Gasteiger partial charge on any atom is 0.151 e. The van der Waals surface area contributed by atoms with Crippen LogP contribution in [-0.2, 0) is 9.84 Å². The van der Waals surface area contributed by atoms with Crippen LogP contribution in [0.3, 0.4) is 0 Å². The Hall–Kier alpha value is -0.0900. The van der Waals surface area contributed by atoms with Crippen LogP contribution in [0.4, 0.5) is 0 Å². The van der Waals surface area contributed by atoms with Crippen LogP contribution in [0.1, 0.15) is 32.6 Å². The number of nitrogens with two attached hydrogens (primary N) is 1. The molecule has 0 aromatic carbocycles. The van der Waals surface area contributed by atoms with Crippen LogP contribution in [0, 0.1) is 5.92 Å². The maximum atomic E-state index is 11.2. The molecule has 0 spiro atoms. The van der Waals surface area contributed by atoms with E-state index in [2.05, 4.69) is 0 Å². The summed E-state index contributed by atoms with van der Waals surface area (Å²) in [5.74, 6) is 0.831. The van der Waals surface area contributed by atoms with Crippen molar-refractivity contribution in [2.45, 2.75) is 43.9 Å². The van der Waals surface area contributed by atoms with E-state index in [4.69, 9.17) is 5.73 Å². The smallest absolute Gasteiger partial charge is 0.151 e. The summed E-state index contributed by atoms with van der Waals surface area (Å²) in [7, 11) is -2.95. The quantitative estimate of drug-likeness (QED) is 0.726. The van der Waals surface area contributed by atoms with Crippen LogP contribution in [0.25, 0.3) is 0 Å². The molecule has 1 aliphatic carbocycles. The monoisotopic (exact) mass is 205 g/mol. The van der Waals surface area contributed by atoms with Gasteiger partial charge in [-0.2, -0.15) is 0 Å². The molecule has 13 heavy (non-hydrogen) atoms. The molecular formula is C9H19NO2S.